The Bertz CT molecular complexity index is 21.6. The van der Waals surface area contributed by atoms with Crippen molar-refractivity contribution in [3.63, 3.8) is 0 Å². The van der Waals surface area contributed by atoms with Crippen molar-refractivity contribution in [1.29, 1.82) is 0 Å². The van der Waals surface area contributed by atoms with E-state index in [1.807, 2.05) is 0 Å². The Balaban J connectivity index is -0.0000000750. The zero-order chi connectivity index (χ0) is 6.28. The van der Waals surface area contributed by atoms with E-state index in [0.29, 0.717) is 0 Å². The van der Waals surface area contributed by atoms with Gasteiger partial charge in [-0.15, -0.1) is 0 Å². The minimum Gasteiger partial charge on any atom is -0.400 e. The van der Waals surface area contributed by atoms with Gasteiger partial charge in [-0.2, -0.15) is 0 Å². The van der Waals surface area contributed by atoms with Crippen molar-refractivity contribution in [2.24, 2.45) is 0 Å². The molecule has 0 radical (unpaired) electrons. The fourth-order valence-corrected chi connectivity index (χ4v) is 0. The molecule has 3 nitrogen and oxygen atoms in total. The van der Waals surface area contributed by atoms with Crippen LogP contribution in [0.4, 0.5) is 0 Å². The molecule has 8 heavy (non-hydrogen) atoms. The second-order valence-electron chi connectivity index (χ2n) is 1.03. The molecule has 0 aromatic heterocycles. The van der Waals surface area contributed by atoms with Gasteiger partial charge in [-0.25, -0.2) is 0 Å². The van der Waals surface area contributed by atoms with E-state index in [0.717, 1.165) is 7.11 Å². The molecule has 0 amide bonds. The first-order valence-corrected chi connectivity index (χ1v) is 2.01. The molecule has 0 unspecified atom stereocenters. The van der Waals surface area contributed by atoms with E-state index in [-0.39, 0.29) is 14.0 Å². The molecule has 0 aliphatic rings. The van der Waals surface area contributed by atoms with Crippen molar-refractivity contribution in [3.05, 3.63) is 0 Å². The predicted molar refractivity (Wildman–Crippen MR) is 33.6 cm³/mol. The van der Waals surface area contributed by atoms with Crippen LogP contribution in [0, 0.1) is 0 Å². The van der Waals surface area contributed by atoms with Gasteiger partial charge in [-0.1, -0.05) is 7.43 Å². The lowest BCUT2D eigenvalue weighted by atomic mass is 10.5. The average Bonchev–Trinajstić information content (AvgIpc) is 1.73. The van der Waals surface area contributed by atoms with E-state index >= 15 is 0 Å². The maximum Gasteiger partial charge on any atom is 0.0742 e. The van der Waals surface area contributed by atoms with Gasteiger partial charge < -0.3 is 15.3 Å². The molecule has 0 saturated carbocycles. The van der Waals surface area contributed by atoms with Crippen LogP contribution in [0.25, 0.3) is 0 Å². The van der Waals surface area contributed by atoms with E-state index < -0.39 is 6.10 Å². The van der Waals surface area contributed by atoms with Gasteiger partial charge in [0.05, 0.1) is 12.7 Å². The lowest BCUT2D eigenvalue weighted by Crippen LogP contribution is -2.03. The van der Waals surface area contributed by atoms with E-state index in [1.54, 1.807) is 0 Å². The summed E-state index contributed by atoms with van der Waals surface area (Å²) in [6.45, 7) is 1.39. The largest absolute Gasteiger partial charge is 0.400 e. The number of aliphatic hydroxyl groups is 3. The fourth-order valence-electron chi connectivity index (χ4n) is 0. The van der Waals surface area contributed by atoms with Crippen molar-refractivity contribution in [1.82, 2.24) is 0 Å². The van der Waals surface area contributed by atoms with Crippen LogP contribution in [0.15, 0.2) is 0 Å². The maximum absolute atomic E-state index is 8.11. The average molecular weight is 124 g/mol. The van der Waals surface area contributed by atoms with Crippen LogP contribution in [-0.4, -0.2) is 35.1 Å². The Morgan fingerprint density at radius 1 is 1.38 bits per heavy atom. The molecule has 0 bridgehead atoms. The van der Waals surface area contributed by atoms with E-state index in [2.05, 4.69) is 0 Å². The molecule has 0 aliphatic carbocycles. The molecule has 0 fully saturated rings. The number of hydrogen-bond acceptors (Lipinski definition) is 3. The standard InChI is InChI=1S/C3H8O2.CH4O.CH4/c1-3(5)2-4;1-2;/h3-5H,2H2,1H3;2H,1H3;1H4/t3-;;/m0../s1. The summed E-state index contributed by atoms with van der Waals surface area (Å²) >= 11 is 0. The highest BCUT2D eigenvalue weighted by Crippen LogP contribution is 1.68. The fraction of sp³-hybridized carbons (Fsp3) is 1.00. The monoisotopic (exact) mass is 124 g/mol. The highest BCUT2D eigenvalue weighted by Gasteiger charge is 1.83. The zero-order valence-electron chi connectivity index (χ0n) is 4.63. The Kier molecular flexibility index (Phi) is 30.9. The first kappa shape index (κ1) is 15.7. The summed E-state index contributed by atoms with van der Waals surface area (Å²) in [4.78, 5) is 0. The molecular weight excluding hydrogens is 108 g/mol. The third-order valence-electron chi connectivity index (χ3n) is 0.264. The SMILES string of the molecule is C.CO.C[C@H](O)CO. The minimum absolute atomic E-state index is 0. The molecule has 3 heteroatoms. The van der Waals surface area contributed by atoms with Crippen molar-refractivity contribution in [2.45, 2.75) is 20.5 Å². The predicted octanol–water partition coefficient (Wildman–Crippen LogP) is -0.396. The summed E-state index contributed by atoms with van der Waals surface area (Å²) in [5.41, 5.74) is 0. The Morgan fingerprint density at radius 3 is 1.50 bits per heavy atom. The summed E-state index contributed by atoms with van der Waals surface area (Å²) in [6.07, 6.45) is -0.560. The molecule has 0 rings (SSSR count). The highest BCUT2D eigenvalue weighted by atomic mass is 16.3. The Labute approximate surface area is 50.6 Å². The third-order valence-corrected chi connectivity index (χ3v) is 0.264. The summed E-state index contributed by atoms with van der Waals surface area (Å²) < 4.78 is 0. The summed E-state index contributed by atoms with van der Waals surface area (Å²) in [6, 6.07) is 0. The summed E-state index contributed by atoms with van der Waals surface area (Å²) in [7, 11) is 1.00. The van der Waals surface area contributed by atoms with E-state index in [9.17, 15) is 0 Å². The summed E-state index contributed by atoms with van der Waals surface area (Å²) in [5.74, 6) is 0. The molecule has 0 heterocycles. The molecule has 0 spiro atoms. The van der Waals surface area contributed by atoms with Crippen LogP contribution < -0.4 is 0 Å². The maximum atomic E-state index is 8.11. The van der Waals surface area contributed by atoms with Gasteiger partial charge in [0, 0.05) is 7.11 Å². The first-order valence-electron chi connectivity index (χ1n) is 2.01. The molecule has 1 atom stereocenters. The Morgan fingerprint density at radius 2 is 1.50 bits per heavy atom. The van der Waals surface area contributed by atoms with Gasteiger partial charge in [0.1, 0.15) is 0 Å². The number of hydrogen-bond donors (Lipinski definition) is 3. The molecule has 3 N–H and O–H groups in total. The van der Waals surface area contributed by atoms with Crippen LogP contribution in [0.3, 0.4) is 0 Å². The van der Waals surface area contributed by atoms with Gasteiger partial charge >= 0.3 is 0 Å². The quantitative estimate of drug-likeness (QED) is 0.446. The molecule has 0 aromatic rings. The first-order chi connectivity index (χ1) is 3.27. The van der Waals surface area contributed by atoms with Crippen molar-refractivity contribution in [3.8, 4) is 0 Å². The number of rotatable bonds is 1. The van der Waals surface area contributed by atoms with Gasteiger partial charge in [0.2, 0.25) is 0 Å². The highest BCUT2D eigenvalue weighted by molar-refractivity contribution is 4.33. The van der Waals surface area contributed by atoms with Crippen LogP contribution in [0.5, 0.6) is 0 Å². The second-order valence-corrected chi connectivity index (χ2v) is 1.03. The smallest absolute Gasteiger partial charge is 0.0742 e. The Hall–Kier alpha value is -0.120. The third kappa shape index (κ3) is 39.6. The van der Waals surface area contributed by atoms with Crippen molar-refractivity contribution in [2.75, 3.05) is 13.7 Å². The minimum atomic E-state index is -0.560. The van der Waals surface area contributed by atoms with Gasteiger partial charge in [-0.05, 0) is 6.92 Å². The van der Waals surface area contributed by atoms with Crippen molar-refractivity contribution < 1.29 is 15.3 Å². The molecule has 0 aliphatic heterocycles. The van der Waals surface area contributed by atoms with Gasteiger partial charge in [0.25, 0.3) is 0 Å². The van der Waals surface area contributed by atoms with Crippen molar-refractivity contribution >= 4 is 0 Å². The van der Waals surface area contributed by atoms with Crippen LogP contribution >= 0.6 is 0 Å². The second kappa shape index (κ2) is 15.8. The van der Waals surface area contributed by atoms with Gasteiger partial charge in [-0.3, -0.25) is 0 Å². The van der Waals surface area contributed by atoms with Crippen LogP contribution in [0.1, 0.15) is 14.4 Å². The number of aliphatic hydroxyl groups excluding tert-OH is 3. The summed E-state index contributed by atoms with van der Waals surface area (Å²) in [5, 5.41) is 23.0. The lowest BCUT2D eigenvalue weighted by Gasteiger charge is -1.90. The van der Waals surface area contributed by atoms with Gasteiger partial charge in [0.15, 0.2) is 0 Å². The van der Waals surface area contributed by atoms with E-state index in [1.165, 1.54) is 6.92 Å². The molecule has 0 aromatic carbocycles. The van der Waals surface area contributed by atoms with Crippen LogP contribution in [-0.2, 0) is 0 Å². The molecule has 0 saturated heterocycles. The lowest BCUT2D eigenvalue weighted by molar-refractivity contribution is 0.110. The topological polar surface area (TPSA) is 60.7 Å². The van der Waals surface area contributed by atoms with E-state index in [4.69, 9.17) is 15.3 Å². The normalized spacial score (nSPS) is 10.1. The molecular formula is C5H16O3. The van der Waals surface area contributed by atoms with Crippen LogP contribution in [0.2, 0.25) is 0 Å². The zero-order valence-corrected chi connectivity index (χ0v) is 4.63. The molecule has 54 valence electrons.